The molecule has 4 aromatic carbocycles. The van der Waals surface area contributed by atoms with E-state index < -0.39 is 34.8 Å². The maximum atomic E-state index is 15.1. The summed E-state index contributed by atoms with van der Waals surface area (Å²) in [7, 11) is 1.60. The Kier molecular flexibility index (Phi) is 8.88. The highest BCUT2D eigenvalue weighted by Gasteiger charge is 2.31. The van der Waals surface area contributed by atoms with Crippen LogP contribution in [0.25, 0.3) is 44.5 Å². The van der Waals surface area contributed by atoms with Gasteiger partial charge in [0.2, 0.25) is 0 Å². The van der Waals surface area contributed by atoms with Crippen LogP contribution in [-0.2, 0) is 15.7 Å². The maximum absolute atomic E-state index is 15.1. The molecule has 0 amide bonds. The minimum absolute atomic E-state index is 0.418. The van der Waals surface area contributed by atoms with Crippen molar-refractivity contribution < 1.29 is 27.6 Å². The average Bonchev–Trinajstić information content (AvgIpc) is 3.43. The van der Waals surface area contributed by atoms with E-state index in [2.05, 4.69) is 9.24 Å². The fraction of sp³-hybridized carbons (Fsp3) is 0.158. The number of aliphatic hydroxyl groups is 1. The molecule has 248 valence electrons. The van der Waals surface area contributed by atoms with E-state index >= 15 is 4.39 Å². The zero-order valence-corrected chi connectivity index (χ0v) is 28.6. The number of β-amino-alcohol motifs (C(OH)–C–C–N with tert-alkyl or cyclic N) is 1. The van der Waals surface area contributed by atoms with Crippen LogP contribution in [0.15, 0.2) is 108 Å². The van der Waals surface area contributed by atoms with Crippen LogP contribution in [0.1, 0.15) is 27.4 Å². The molecule has 1 aliphatic heterocycles. The molecule has 0 radical (unpaired) electrons. The van der Waals surface area contributed by atoms with Crippen LogP contribution in [0.4, 0.5) is 14.5 Å². The van der Waals surface area contributed by atoms with Gasteiger partial charge in [-0.25, -0.2) is 17.8 Å². The van der Waals surface area contributed by atoms with Crippen molar-refractivity contribution in [3.8, 4) is 33.6 Å². The zero-order chi connectivity index (χ0) is 34.4. The van der Waals surface area contributed by atoms with Crippen molar-refractivity contribution in [3.05, 3.63) is 126 Å². The Morgan fingerprint density at radius 2 is 1.76 bits per heavy atom. The lowest BCUT2D eigenvalue weighted by molar-refractivity contribution is 0.0600. The molecule has 1 saturated heterocycles. The molecular formula is C38H32F2N3O4PS. The summed E-state index contributed by atoms with van der Waals surface area (Å²) in [6.07, 6.45) is 1.19. The minimum atomic E-state index is -1.86. The lowest BCUT2D eigenvalue weighted by Gasteiger charge is -2.38. The van der Waals surface area contributed by atoms with E-state index in [-0.39, 0.29) is 0 Å². The number of rotatable bonds is 8. The highest BCUT2D eigenvalue weighted by molar-refractivity contribution is 7.83. The van der Waals surface area contributed by atoms with E-state index in [0.29, 0.717) is 62.5 Å². The SMILES string of the molecule is COC(=O)c1ccc(-c2cccc(-c3c(-c4ncccc4N4CC(O)C4)c4cc(F)ccc4n3S(=O)c3ccc(C(F)P)cc3)c2)c(C)c1. The Morgan fingerprint density at radius 3 is 2.45 bits per heavy atom. The molecule has 0 spiro atoms. The molecule has 2 aromatic heterocycles. The standard InChI is InChI=1S/C38H32F2N3O4PS/c1-22-17-26(38(45)47-2)10-14-30(22)24-5-3-6-25(18-24)36-34(35-33(7-4-16-41-35)42-20-28(44)21-42)31-19-27(39)11-15-32(31)43(36)49(46)29-12-8-23(9-13-29)37(40)48/h3-19,28,37,44H,20-21,48H2,1-2H3. The third-order valence-corrected chi connectivity index (χ3v) is 10.5. The van der Waals surface area contributed by atoms with Gasteiger partial charge in [0.25, 0.3) is 0 Å². The number of fused-ring (bicyclic) bond motifs is 1. The summed E-state index contributed by atoms with van der Waals surface area (Å²) < 4.78 is 50.5. The number of ether oxygens (including phenoxy) is 1. The van der Waals surface area contributed by atoms with Gasteiger partial charge in [0.05, 0.1) is 46.3 Å². The first-order valence-electron chi connectivity index (χ1n) is 15.6. The van der Waals surface area contributed by atoms with Crippen LogP contribution in [0, 0.1) is 12.7 Å². The van der Waals surface area contributed by atoms with Crippen LogP contribution in [0.5, 0.6) is 0 Å². The van der Waals surface area contributed by atoms with Gasteiger partial charge in [0.15, 0.2) is 11.0 Å². The average molecular weight is 696 g/mol. The molecule has 1 aliphatic rings. The largest absolute Gasteiger partial charge is 0.465 e. The van der Waals surface area contributed by atoms with E-state index in [9.17, 15) is 18.5 Å². The molecule has 3 heterocycles. The van der Waals surface area contributed by atoms with Crippen molar-refractivity contribution in [1.82, 2.24) is 8.96 Å². The number of methoxy groups -OCH3 is 1. The smallest absolute Gasteiger partial charge is 0.337 e. The molecule has 3 atom stereocenters. The van der Waals surface area contributed by atoms with Gasteiger partial charge in [-0.1, -0.05) is 45.6 Å². The van der Waals surface area contributed by atoms with Gasteiger partial charge in [0.1, 0.15) is 11.7 Å². The van der Waals surface area contributed by atoms with Gasteiger partial charge in [-0.05, 0) is 89.8 Å². The highest BCUT2D eigenvalue weighted by Crippen LogP contribution is 2.46. The second-order valence-electron chi connectivity index (χ2n) is 11.9. The topological polar surface area (TPSA) is 84.7 Å². The third-order valence-electron chi connectivity index (χ3n) is 8.77. The van der Waals surface area contributed by atoms with E-state index in [1.807, 2.05) is 54.3 Å². The van der Waals surface area contributed by atoms with Crippen LogP contribution in [0.2, 0.25) is 0 Å². The van der Waals surface area contributed by atoms with Crippen LogP contribution in [0.3, 0.4) is 0 Å². The number of aromatic nitrogens is 2. The minimum Gasteiger partial charge on any atom is -0.465 e. The fourth-order valence-electron chi connectivity index (χ4n) is 6.35. The molecule has 49 heavy (non-hydrogen) atoms. The van der Waals surface area contributed by atoms with E-state index in [4.69, 9.17) is 9.72 Å². The van der Waals surface area contributed by atoms with Gasteiger partial charge in [0, 0.05) is 35.8 Å². The summed E-state index contributed by atoms with van der Waals surface area (Å²) in [6.45, 7) is 2.75. The lowest BCUT2D eigenvalue weighted by atomic mass is 9.94. The summed E-state index contributed by atoms with van der Waals surface area (Å²) in [4.78, 5) is 19.4. The van der Waals surface area contributed by atoms with Crippen LogP contribution in [-0.4, -0.2) is 50.5 Å². The fourth-order valence-corrected chi connectivity index (χ4v) is 7.85. The summed E-state index contributed by atoms with van der Waals surface area (Å²) in [5, 5.41) is 10.7. The number of alkyl halides is 1. The zero-order valence-electron chi connectivity index (χ0n) is 26.6. The van der Waals surface area contributed by atoms with Crippen molar-refractivity contribution in [2.24, 2.45) is 0 Å². The van der Waals surface area contributed by atoms with Gasteiger partial charge in [-0.15, -0.1) is 0 Å². The first-order chi connectivity index (χ1) is 23.6. The molecule has 7 rings (SSSR count). The Hall–Kier alpha value is -4.76. The predicted octanol–water partition coefficient (Wildman–Crippen LogP) is 7.87. The Balaban J connectivity index is 1.50. The van der Waals surface area contributed by atoms with Crippen molar-refractivity contribution in [2.75, 3.05) is 25.1 Å². The number of halogens is 2. The molecule has 0 bridgehead atoms. The Bertz CT molecular complexity index is 2250. The second-order valence-corrected chi connectivity index (χ2v) is 13.9. The molecule has 0 saturated carbocycles. The number of hydrogen-bond donors (Lipinski definition) is 1. The van der Waals surface area contributed by atoms with Crippen LogP contribution >= 0.6 is 9.24 Å². The Morgan fingerprint density at radius 1 is 1.00 bits per heavy atom. The first kappa shape index (κ1) is 32.8. The van der Waals surface area contributed by atoms with E-state index in [1.165, 1.54) is 19.2 Å². The first-order valence-corrected chi connectivity index (χ1v) is 17.4. The van der Waals surface area contributed by atoms with Gasteiger partial charge in [-0.2, -0.15) is 0 Å². The lowest BCUT2D eigenvalue weighted by Crippen LogP contribution is -2.51. The van der Waals surface area contributed by atoms with Crippen molar-refractivity contribution >= 4 is 42.8 Å². The molecule has 1 fully saturated rings. The molecule has 3 unspecified atom stereocenters. The van der Waals surface area contributed by atoms with Crippen LogP contribution < -0.4 is 4.90 Å². The second kappa shape index (κ2) is 13.3. The number of pyridine rings is 1. The molecule has 1 N–H and O–H groups in total. The third kappa shape index (κ3) is 6.05. The summed E-state index contributed by atoms with van der Waals surface area (Å²) >= 11 is 0. The van der Waals surface area contributed by atoms with E-state index in [1.54, 1.807) is 52.6 Å². The normalized spacial score (nSPS) is 14.4. The number of esters is 1. The number of benzene rings is 4. The van der Waals surface area contributed by atoms with Gasteiger partial charge < -0.3 is 14.7 Å². The maximum Gasteiger partial charge on any atom is 0.337 e. The molecule has 0 aliphatic carbocycles. The van der Waals surface area contributed by atoms with Crippen molar-refractivity contribution in [2.45, 2.75) is 23.8 Å². The Labute approximate surface area is 287 Å². The predicted molar refractivity (Wildman–Crippen MR) is 192 cm³/mol. The quantitative estimate of drug-likeness (QED) is 0.129. The van der Waals surface area contributed by atoms with Gasteiger partial charge >= 0.3 is 5.97 Å². The summed E-state index contributed by atoms with van der Waals surface area (Å²) in [5.41, 5.74) is 7.11. The van der Waals surface area contributed by atoms with Crippen molar-refractivity contribution in [1.29, 1.82) is 0 Å². The molecule has 6 aromatic rings. The van der Waals surface area contributed by atoms with E-state index in [0.717, 1.165) is 22.4 Å². The number of aliphatic hydroxyl groups excluding tert-OH is 1. The van der Waals surface area contributed by atoms with Crippen molar-refractivity contribution in [3.63, 3.8) is 0 Å². The van der Waals surface area contributed by atoms with Gasteiger partial charge in [-0.3, -0.25) is 8.96 Å². The molecule has 7 nitrogen and oxygen atoms in total. The summed E-state index contributed by atoms with van der Waals surface area (Å²) in [5.74, 6) is -2.16. The summed E-state index contributed by atoms with van der Waals surface area (Å²) in [6, 6.07) is 27.7. The number of aryl methyl sites for hydroxylation is 1. The highest BCUT2D eigenvalue weighted by atomic mass is 32.2. The number of carbonyl (C=O) groups is 1. The molecular weight excluding hydrogens is 663 g/mol. The number of nitrogens with zero attached hydrogens (tertiary/aromatic N) is 3. The number of carbonyl (C=O) groups excluding carboxylic acids is 1. The number of anilines is 1. The number of hydrogen-bond acceptors (Lipinski definition) is 6. The monoisotopic (exact) mass is 695 g/mol. The molecule has 11 heteroatoms.